The fraction of sp³-hybridized carbons (Fsp3) is 0.174. The molecule has 1 N–H and O–H groups in total. The molecule has 1 amide bonds. The maximum atomic E-state index is 12.5. The lowest BCUT2D eigenvalue weighted by atomic mass is 10.2. The van der Waals surface area contributed by atoms with Crippen LogP contribution in [0, 0.1) is 0 Å². The average Bonchev–Trinajstić information content (AvgIpc) is 3.50. The Morgan fingerprint density at radius 1 is 1.03 bits per heavy atom. The number of ether oxygens (including phenoxy) is 3. The van der Waals surface area contributed by atoms with Gasteiger partial charge in [-0.1, -0.05) is 6.07 Å². The second-order valence-electron chi connectivity index (χ2n) is 6.68. The summed E-state index contributed by atoms with van der Waals surface area (Å²) in [6.45, 7) is 0.812. The molecule has 2 aromatic heterocycles. The van der Waals surface area contributed by atoms with Crippen molar-refractivity contribution in [2.45, 2.75) is 0 Å². The average molecular weight is 451 g/mol. The van der Waals surface area contributed by atoms with E-state index in [2.05, 4.69) is 15.4 Å². The zero-order valence-electron chi connectivity index (χ0n) is 17.6. The normalized spacial score (nSPS) is 10.7. The molecule has 0 bridgehead atoms. The molecule has 0 spiro atoms. The first kappa shape index (κ1) is 21.5. The summed E-state index contributed by atoms with van der Waals surface area (Å²) in [5.74, 6) is 1.18. The monoisotopic (exact) mass is 450 g/mol. The number of nitrogens with zero attached hydrogens (tertiary/aromatic N) is 3. The summed E-state index contributed by atoms with van der Waals surface area (Å²) in [4.78, 5) is 18.0. The fourth-order valence-electron chi connectivity index (χ4n) is 2.95. The molecule has 0 saturated carbocycles. The van der Waals surface area contributed by atoms with Crippen LogP contribution < -0.4 is 14.8 Å². The van der Waals surface area contributed by atoms with Gasteiger partial charge >= 0.3 is 6.01 Å². The van der Waals surface area contributed by atoms with Crippen molar-refractivity contribution in [3.63, 3.8) is 0 Å². The number of carbonyl (C=O) groups excluding carboxylic acids is 1. The van der Waals surface area contributed by atoms with Gasteiger partial charge in [0.15, 0.2) is 5.82 Å². The van der Waals surface area contributed by atoms with Gasteiger partial charge in [0.05, 0.1) is 24.3 Å². The third-order valence-corrected chi connectivity index (χ3v) is 5.44. The molecule has 0 radical (unpaired) electrons. The predicted octanol–water partition coefficient (Wildman–Crippen LogP) is 4.28. The van der Waals surface area contributed by atoms with Crippen LogP contribution in [-0.2, 0) is 4.74 Å². The molecule has 32 heavy (non-hydrogen) atoms. The van der Waals surface area contributed by atoms with Gasteiger partial charge in [-0.2, -0.15) is 4.98 Å². The molecule has 4 rings (SSSR count). The molecule has 0 saturated heterocycles. The molecule has 0 unspecified atom stereocenters. The van der Waals surface area contributed by atoms with Crippen molar-refractivity contribution < 1.29 is 19.0 Å². The zero-order valence-corrected chi connectivity index (χ0v) is 18.5. The van der Waals surface area contributed by atoms with E-state index in [4.69, 9.17) is 14.2 Å². The fourth-order valence-corrected chi connectivity index (χ4v) is 3.65. The van der Waals surface area contributed by atoms with E-state index >= 15 is 0 Å². The Balaban J connectivity index is 1.53. The van der Waals surface area contributed by atoms with Gasteiger partial charge < -0.3 is 19.5 Å². The molecule has 4 aromatic rings. The molecule has 0 aliphatic carbocycles. The topological polar surface area (TPSA) is 87.5 Å². The van der Waals surface area contributed by atoms with Gasteiger partial charge in [0.25, 0.3) is 5.91 Å². The van der Waals surface area contributed by atoms with E-state index in [1.807, 2.05) is 41.8 Å². The van der Waals surface area contributed by atoms with E-state index in [9.17, 15) is 4.79 Å². The highest BCUT2D eigenvalue weighted by molar-refractivity contribution is 7.13. The van der Waals surface area contributed by atoms with Crippen LogP contribution in [0.1, 0.15) is 10.4 Å². The lowest BCUT2D eigenvalue weighted by molar-refractivity contribution is 0.102. The maximum absolute atomic E-state index is 12.5. The van der Waals surface area contributed by atoms with Crippen molar-refractivity contribution in [2.75, 3.05) is 32.8 Å². The van der Waals surface area contributed by atoms with Crippen molar-refractivity contribution in [1.29, 1.82) is 0 Å². The van der Waals surface area contributed by atoms with Crippen molar-refractivity contribution >= 4 is 22.9 Å². The number of amides is 1. The molecule has 0 atom stereocenters. The number of rotatable bonds is 9. The lowest BCUT2D eigenvalue weighted by Gasteiger charge is -2.08. The first-order valence-corrected chi connectivity index (χ1v) is 10.7. The van der Waals surface area contributed by atoms with E-state index in [-0.39, 0.29) is 11.9 Å². The number of hydrogen-bond donors (Lipinski definition) is 1. The molecule has 164 valence electrons. The summed E-state index contributed by atoms with van der Waals surface area (Å²) in [5, 5.41) is 9.38. The van der Waals surface area contributed by atoms with Gasteiger partial charge in [-0.15, -0.1) is 16.4 Å². The minimum absolute atomic E-state index is 0.200. The molecule has 2 heterocycles. The number of anilines is 1. The van der Waals surface area contributed by atoms with Crippen LogP contribution in [0.15, 0.2) is 66.0 Å². The number of hydrogen-bond acceptors (Lipinski definition) is 7. The van der Waals surface area contributed by atoms with Crippen LogP contribution in [0.5, 0.6) is 11.8 Å². The van der Waals surface area contributed by atoms with Crippen molar-refractivity contribution in [1.82, 2.24) is 14.8 Å². The second kappa shape index (κ2) is 10.1. The van der Waals surface area contributed by atoms with Crippen LogP contribution >= 0.6 is 11.3 Å². The molecule has 9 heteroatoms. The second-order valence-corrected chi connectivity index (χ2v) is 7.63. The number of thiophene rings is 1. The maximum Gasteiger partial charge on any atom is 0.336 e. The summed E-state index contributed by atoms with van der Waals surface area (Å²) in [7, 11) is 3.20. The summed E-state index contributed by atoms with van der Waals surface area (Å²) in [6.07, 6.45) is 0. The third kappa shape index (κ3) is 4.96. The summed E-state index contributed by atoms with van der Waals surface area (Å²) < 4.78 is 17.5. The van der Waals surface area contributed by atoms with Crippen molar-refractivity contribution in [2.24, 2.45) is 0 Å². The van der Waals surface area contributed by atoms with Crippen LogP contribution in [0.25, 0.3) is 16.4 Å². The van der Waals surface area contributed by atoms with Crippen LogP contribution in [0.3, 0.4) is 0 Å². The van der Waals surface area contributed by atoms with E-state index < -0.39 is 0 Å². The highest BCUT2D eigenvalue weighted by Crippen LogP contribution is 2.28. The Kier molecular flexibility index (Phi) is 6.78. The standard InChI is InChI=1S/C23H22N4O4S/c1-29-13-14-31-23-25-21(20-4-3-15-32-20)27(26-23)18-9-7-17(8-10-18)24-22(28)16-5-11-19(30-2)12-6-16/h3-12,15H,13-14H2,1-2H3,(H,24,28). The molecule has 0 aliphatic rings. The van der Waals surface area contributed by atoms with Crippen LogP contribution in [-0.4, -0.2) is 48.1 Å². The van der Waals surface area contributed by atoms with Gasteiger partial charge in [0, 0.05) is 18.4 Å². The van der Waals surface area contributed by atoms with Gasteiger partial charge in [0.2, 0.25) is 0 Å². The molecular weight excluding hydrogens is 428 g/mol. The lowest BCUT2D eigenvalue weighted by Crippen LogP contribution is -2.11. The molecular formula is C23H22N4O4S. The number of methoxy groups -OCH3 is 2. The van der Waals surface area contributed by atoms with E-state index in [0.717, 1.165) is 10.6 Å². The minimum Gasteiger partial charge on any atom is -0.497 e. The van der Waals surface area contributed by atoms with Crippen LogP contribution in [0.4, 0.5) is 5.69 Å². The number of aromatic nitrogens is 3. The quantitative estimate of drug-likeness (QED) is 0.383. The Morgan fingerprint density at radius 3 is 2.47 bits per heavy atom. The molecule has 2 aromatic carbocycles. The highest BCUT2D eigenvalue weighted by Gasteiger charge is 2.16. The number of benzene rings is 2. The van der Waals surface area contributed by atoms with Gasteiger partial charge in [0.1, 0.15) is 12.4 Å². The number of carbonyl (C=O) groups is 1. The Labute approximate surface area is 189 Å². The summed E-state index contributed by atoms with van der Waals surface area (Å²) in [5.41, 5.74) is 2.01. The highest BCUT2D eigenvalue weighted by atomic mass is 32.1. The molecule has 0 aliphatic heterocycles. The predicted molar refractivity (Wildman–Crippen MR) is 123 cm³/mol. The van der Waals surface area contributed by atoms with Gasteiger partial charge in [-0.3, -0.25) is 4.79 Å². The van der Waals surface area contributed by atoms with E-state index in [1.54, 1.807) is 54.5 Å². The first-order chi connectivity index (χ1) is 15.7. The van der Waals surface area contributed by atoms with Crippen molar-refractivity contribution in [3.05, 3.63) is 71.6 Å². The Bertz CT molecular complexity index is 1160. The van der Waals surface area contributed by atoms with Gasteiger partial charge in [-0.05, 0) is 60.0 Å². The minimum atomic E-state index is -0.200. The molecule has 8 nitrogen and oxygen atoms in total. The largest absolute Gasteiger partial charge is 0.497 e. The van der Waals surface area contributed by atoms with Crippen molar-refractivity contribution in [3.8, 4) is 28.1 Å². The smallest absolute Gasteiger partial charge is 0.336 e. The number of nitrogens with one attached hydrogen (secondary N) is 1. The van der Waals surface area contributed by atoms with E-state index in [0.29, 0.717) is 36.0 Å². The third-order valence-electron chi connectivity index (χ3n) is 4.57. The van der Waals surface area contributed by atoms with E-state index in [1.165, 1.54) is 0 Å². The summed E-state index contributed by atoms with van der Waals surface area (Å²) in [6, 6.07) is 18.5. The molecule has 0 fully saturated rings. The van der Waals surface area contributed by atoms with Crippen LogP contribution in [0.2, 0.25) is 0 Å². The summed E-state index contributed by atoms with van der Waals surface area (Å²) >= 11 is 1.57. The Hall–Kier alpha value is -3.69. The Morgan fingerprint density at radius 2 is 1.81 bits per heavy atom. The van der Waals surface area contributed by atoms with Gasteiger partial charge in [-0.25, -0.2) is 4.68 Å². The zero-order chi connectivity index (χ0) is 22.3. The first-order valence-electron chi connectivity index (χ1n) is 9.86. The SMILES string of the molecule is COCCOc1nc(-c2cccs2)n(-c2ccc(NC(=O)c3ccc(OC)cc3)cc2)n1.